The normalized spacial score (nSPS) is 16.6. The molecule has 1 aliphatic rings. The predicted octanol–water partition coefficient (Wildman–Crippen LogP) is 4.18. The molecule has 4 nitrogen and oxygen atoms in total. The van der Waals surface area contributed by atoms with Gasteiger partial charge in [0, 0.05) is 51.3 Å². The van der Waals surface area contributed by atoms with Crippen molar-refractivity contribution in [3.05, 3.63) is 71.5 Å². The van der Waals surface area contributed by atoms with Gasteiger partial charge in [-0.1, -0.05) is 30.3 Å². The number of carbonyl (C=O) groups excluding carboxylic acids is 1. The summed E-state index contributed by atoms with van der Waals surface area (Å²) < 4.78 is 18.9. The zero-order valence-electron chi connectivity index (χ0n) is 17.2. The van der Waals surface area contributed by atoms with Gasteiger partial charge >= 0.3 is 0 Å². The highest BCUT2D eigenvalue weighted by Gasteiger charge is 2.21. The number of piperazine rings is 1. The molecule has 0 bridgehead atoms. The quantitative estimate of drug-likeness (QED) is 0.562. The number of hydrogen-bond donors (Lipinski definition) is 0. The number of carbonyl (C=O) groups is 1. The van der Waals surface area contributed by atoms with E-state index in [1.54, 1.807) is 12.1 Å². The lowest BCUT2D eigenvalue weighted by Crippen LogP contribution is -2.47. The summed E-state index contributed by atoms with van der Waals surface area (Å²) in [5.74, 6) is -0.218. The Morgan fingerprint density at radius 3 is 2.31 bits per heavy atom. The van der Waals surface area contributed by atoms with Gasteiger partial charge in [-0.3, -0.25) is 9.69 Å². The Bertz CT molecular complexity index is 743. The number of ether oxygens (including phenoxy) is 1. The van der Waals surface area contributed by atoms with Gasteiger partial charge in [-0.05, 0) is 49.7 Å². The van der Waals surface area contributed by atoms with Crippen LogP contribution in [0.2, 0.25) is 0 Å². The molecule has 29 heavy (non-hydrogen) atoms. The average molecular weight is 399 g/mol. The summed E-state index contributed by atoms with van der Waals surface area (Å²) in [6, 6.07) is 16.2. The second-order valence-electron chi connectivity index (χ2n) is 7.53. The van der Waals surface area contributed by atoms with Crippen LogP contribution in [0.25, 0.3) is 0 Å². The minimum atomic E-state index is -0.307. The Kier molecular flexibility index (Phi) is 8.35. The molecule has 156 valence electrons. The van der Waals surface area contributed by atoms with Gasteiger partial charge in [0.15, 0.2) is 5.78 Å². The van der Waals surface area contributed by atoms with Crippen molar-refractivity contribution in [1.82, 2.24) is 9.80 Å². The lowest BCUT2D eigenvalue weighted by molar-refractivity contribution is 0.0182. The lowest BCUT2D eigenvalue weighted by atomic mass is 10.1. The number of Topliss-reactive ketones (excluding diaryl/α,β-unsaturated/α-hetero) is 1. The molecular formula is C24H31FN2O2. The maximum atomic E-state index is 13.0. The third-order valence-corrected chi connectivity index (χ3v) is 5.47. The zero-order chi connectivity index (χ0) is 20.5. The average Bonchev–Trinajstić information content (AvgIpc) is 2.75. The van der Waals surface area contributed by atoms with Crippen LogP contribution in [-0.2, 0) is 4.74 Å². The van der Waals surface area contributed by atoms with E-state index in [1.807, 2.05) is 13.0 Å². The molecule has 0 saturated carbocycles. The lowest BCUT2D eigenvalue weighted by Gasteiger charge is -2.36. The Morgan fingerprint density at radius 1 is 1.00 bits per heavy atom. The smallest absolute Gasteiger partial charge is 0.162 e. The number of hydrogen-bond acceptors (Lipinski definition) is 4. The SMILES string of the molecule is CCOC(CN1CCN(CCCC(=O)c2ccc(F)cc2)CC1)c1ccccc1. The highest BCUT2D eigenvalue weighted by Crippen LogP contribution is 2.19. The second kappa shape index (κ2) is 11.2. The van der Waals surface area contributed by atoms with Crippen molar-refractivity contribution in [1.29, 1.82) is 0 Å². The largest absolute Gasteiger partial charge is 0.372 e. The van der Waals surface area contributed by atoms with Crippen LogP contribution in [0.3, 0.4) is 0 Å². The molecule has 1 atom stereocenters. The van der Waals surface area contributed by atoms with Gasteiger partial charge in [-0.25, -0.2) is 4.39 Å². The summed E-state index contributed by atoms with van der Waals surface area (Å²) in [7, 11) is 0. The maximum Gasteiger partial charge on any atom is 0.162 e. The molecule has 1 heterocycles. The number of rotatable bonds is 10. The van der Waals surface area contributed by atoms with Crippen molar-refractivity contribution < 1.29 is 13.9 Å². The van der Waals surface area contributed by atoms with E-state index in [4.69, 9.17) is 4.74 Å². The van der Waals surface area contributed by atoms with Crippen LogP contribution in [0, 0.1) is 5.82 Å². The molecule has 1 aliphatic heterocycles. The Morgan fingerprint density at radius 2 is 1.66 bits per heavy atom. The van der Waals surface area contributed by atoms with Gasteiger partial charge in [-0.15, -0.1) is 0 Å². The minimum absolute atomic E-state index is 0.0889. The fourth-order valence-corrected chi connectivity index (χ4v) is 3.80. The highest BCUT2D eigenvalue weighted by molar-refractivity contribution is 5.95. The topological polar surface area (TPSA) is 32.8 Å². The third-order valence-electron chi connectivity index (χ3n) is 5.47. The maximum absolute atomic E-state index is 13.0. The van der Waals surface area contributed by atoms with Crippen LogP contribution in [0.5, 0.6) is 0 Å². The predicted molar refractivity (Wildman–Crippen MR) is 114 cm³/mol. The summed E-state index contributed by atoms with van der Waals surface area (Å²) >= 11 is 0. The van der Waals surface area contributed by atoms with Gasteiger partial charge in [0.2, 0.25) is 0 Å². The molecule has 0 aliphatic carbocycles. The van der Waals surface area contributed by atoms with Crippen LogP contribution in [0.15, 0.2) is 54.6 Å². The summed E-state index contributed by atoms with van der Waals surface area (Å²) in [5, 5.41) is 0. The van der Waals surface area contributed by atoms with E-state index >= 15 is 0 Å². The number of halogens is 1. The monoisotopic (exact) mass is 398 g/mol. The fraction of sp³-hybridized carbons (Fsp3) is 0.458. The molecule has 0 amide bonds. The van der Waals surface area contributed by atoms with Crippen molar-refractivity contribution in [2.24, 2.45) is 0 Å². The molecule has 2 aromatic carbocycles. The standard InChI is InChI=1S/C24H31FN2O2/c1-2-29-24(21-7-4-3-5-8-21)19-27-17-15-26(16-18-27)14-6-9-23(28)20-10-12-22(25)13-11-20/h3-5,7-8,10-13,24H,2,6,9,14-19H2,1H3. The van der Waals surface area contributed by atoms with E-state index in [0.717, 1.165) is 45.7 Å². The molecule has 0 N–H and O–H groups in total. The first kappa shape index (κ1) is 21.6. The van der Waals surface area contributed by atoms with E-state index in [0.29, 0.717) is 18.6 Å². The Labute approximate surface area is 173 Å². The summed E-state index contributed by atoms with van der Waals surface area (Å²) in [4.78, 5) is 17.1. The molecule has 2 aromatic rings. The number of nitrogens with zero attached hydrogens (tertiary/aromatic N) is 2. The van der Waals surface area contributed by atoms with Crippen molar-refractivity contribution in [3.63, 3.8) is 0 Å². The van der Waals surface area contributed by atoms with Crippen LogP contribution in [0.4, 0.5) is 4.39 Å². The van der Waals surface area contributed by atoms with E-state index < -0.39 is 0 Å². The van der Waals surface area contributed by atoms with Crippen LogP contribution in [0.1, 0.15) is 41.8 Å². The molecule has 1 saturated heterocycles. The third kappa shape index (κ3) is 6.74. The molecule has 3 rings (SSSR count). The molecule has 1 fully saturated rings. The molecule has 5 heteroatoms. The van der Waals surface area contributed by atoms with Gasteiger partial charge in [0.05, 0.1) is 6.10 Å². The van der Waals surface area contributed by atoms with Crippen LogP contribution < -0.4 is 0 Å². The van der Waals surface area contributed by atoms with Crippen LogP contribution >= 0.6 is 0 Å². The van der Waals surface area contributed by atoms with Crippen molar-refractivity contribution in [3.8, 4) is 0 Å². The Balaban J connectivity index is 1.38. The van der Waals surface area contributed by atoms with E-state index in [9.17, 15) is 9.18 Å². The summed E-state index contributed by atoms with van der Waals surface area (Å²) in [6.45, 7) is 8.65. The summed E-state index contributed by atoms with van der Waals surface area (Å²) in [5.41, 5.74) is 1.83. The first-order valence-corrected chi connectivity index (χ1v) is 10.6. The van der Waals surface area contributed by atoms with Crippen molar-refractivity contribution in [2.45, 2.75) is 25.9 Å². The van der Waals surface area contributed by atoms with E-state index in [1.165, 1.54) is 17.7 Å². The minimum Gasteiger partial charge on any atom is -0.372 e. The van der Waals surface area contributed by atoms with Crippen molar-refractivity contribution in [2.75, 3.05) is 45.9 Å². The van der Waals surface area contributed by atoms with Crippen LogP contribution in [-0.4, -0.2) is 61.5 Å². The van der Waals surface area contributed by atoms with Gasteiger partial charge in [0.1, 0.15) is 5.82 Å². The first-order chi connectivity index (χ1) is 14.2. The van der Waals surface area contributed by atoms with Gasteiger partial charge in [-0.2, -0.15) is 0 Å². The molecule has 0 spiro atoms. The molecule has 1 unspecified atom stereocenters. The first-order valence-electron chi connectivity index (χ1n) is 10.6. The molecule has 0 aromatic heterocycles. The zero-order valence-corrected chi connectivity index (χ0v) is 17.2. The van der Waals surface area contributed by atoms with Crippen molar-refractivity contribution >= 4 is 5.78 Å². The second-order valence-corrected chi connectivity index (χ2v) is 7.53. The van der Waals surface area contributed by atoms with Gasteiger partial charge in [0.25, 0.3) is 0 Å². The molecule has 0 radical (unpaired) electrons. The van der Waals surface area contributed by atoms with Gasteiger partial charge < -0.3 is 9.64 Å². The number of benzene rings is 2. The van der Waals surface area contributed by atoms with E-state index in [2.05, 4.69) is 34.1 Å². The number of ketones is 1. The van der Waals surface area contributed by atoms with E-state index in [-0.39, 0.29) is 17.7 Å². The Hall–Kier alpha value is -2.08. The summed E-state index contributed by atoms with van der Waals surface area (Å²) in [6.07, 6.45) is 1.45. The fourth-order valence-electron chi connectivity index (χ4n) is 3.80. The molecular weight excluding hydrogens is 367 g/mol. The highest BCUT2D eigenvalue weighted by atomic mass is 19.1.